The Morgan fingerprint density at radius 2 is 1.86 bits per heavy atom. The minimum atomic E-state index is 0.00936. The first-order valence-electron chi connectivity index (χ1n) is 7.49. The third-order valence-corrected chi connectivity index (χ3v) is 3.52. The summed E-state index contributed by atoms with van der Waals surface area (Å²) >= 11 is 0. The van der Waals surface area contributed by atoms with E-state index in [2.05, 4.69) is 11.6 Å². The molecule has 114 valence electrons. The van der Waals surface area contributed by atoms with E-state index in [0.717, 1.165) is 22.5 Å². The number of pyridine rings is 1. The van der Waals surface area contributed by atoms with Crippen LogP contribution < -0.4 is 0 Å². The molecule has 1 aromatic carbocycles. The Morgan fingerprint density at radius 1 is 1.18 bits per heavy atom. The van der Waals surface area contributed by atoms with Gasteiger partial charge in [0.15, 0.2) is 0 Å². The molecule has 1 amide bonds. The number of rotatable bonds is 5. The summed E-state index contributed by atoms with van der Waals surface area (Å²) in [4.78, 5) is 19.0. The second kappa shape index (κ2) is 7.03. The molecule has 0 fully saturated rings. The number of carbonyl (C=O) groups excluding carboxylic acids is 1. The minimum Gasteiger partial charge on any atom is -0.335 e. The molecular weight excluding hydrogens is 272 g/mol. The molecule has 0 spiro atoms. The maximum atomic E-state index is 12.6. The summed E-state index contributed by atoms with van der Waals surface area (Å²) in [7, 11) is 0. The second-order valence-corrected chi connectivity index (χ2v) is 5.47. The van der Waals surface area contributed by atoms with E-state index in [1.54, 1.807) is 4.90 Å². The maximum absolute atomic E-state index is 12.6. The molecule has 0 aliphatic carbocycles. The summed E-state index contributed by atoms with van der Waals surface area (Å²) in [6.45, 7) is 10.9. The first-order chi connectivity index (χ1) is 10.5. The van der Waals surface area contributed by atoms with Crippen LogP contribution in [-0.2, 0) is 0 Å². The van der Waals surface area contributed by atoms with Crippen molar-refractivity contribution in [3.05, 3.63) is 65.9 Å². The average molecular weight is 294 g/mol. The van der Waals surface area contributed by atoms with Crippen molar-refractivity contribution in [2.45, 2.75) is 20.8 Å². The number of likely N-dealkylation sites (N-methyl/N-ethyl adjacent to an activating group) is 1. The summed E-state index contributed by atoms with van der Waals surface area (Å²) in [6.07, 6.45) is 0. The predicted octanol–water partition coefficient (Wildman–Crippen LogP) is 4.10. The van der Waals surface area contributed by atoms with Gasteiger partial charge in [-0.15, -0.1) is 0 Å². The number of benzene rings is 1. The second-order valence-electron chi connectivity index (χ2n) is 5.47. The lowest BCUT2D eigenvalue weighted by molar-refractivity contribution is 0.0777. The van der Waals surface area contributed by atoms with E-state index in [9.17, 15) is 4.79 Å². The summed E-state index contributed by atoms with van der Waals surface area (Å²) in [5.74, 6) is 0.00936. The first-order valence-corrected chi connectivity index (χ1v) is 7.49. The van der Waals surface area contributed by atoms with Crippen LogP contribution in [-0.4, -0.2) is 28.9 Å². The fraction of sp³-hybridized carbons (Fsp3) is 0.263. The van der Waals surface area contributed by atoms with Crippen LogP contribution in [0.25, 0.3) is 11.3 Å². The number of aryl methyl sites for hydroxylation is 1. The van der Waals surface area contributed by atoms with Gasteiger partial charge in [-0.3, -0.25) is 9.78 Å². The van der Waals surface area contributed by atoms with Crippen molar-refractivity contribution in [3.8, 4) is 11.3 Å². The van der Waals surface area contributed by atoms with Crippen LogP contribution >= 0.6 is 0 Å². The highest BCUT2D eigenvalue weighted by Crippen LogP contribution is 2.19. The van der Waals surface area contributed by atoms with Gasteiger partial charge in [-0.2, -0.15) is 0 Å². The summed E-state index contributed by atoms with van der Waals surface area (Å²) in [5, 5.41) is 0. The lowest BCUT2D eigenvalue weighted by atomic mass is 10.1. The van der Waals surface area contributed by atoms with Crippen molar-refractivity contribution in [1.29, 1.82) is 0 Å². The normalized spacial score (nSPS) is 10.3. The van der Waals surface area contributed by atoms with Gasteiger partial charge in [0.2, 0.25) is 0 Å². The molecule has 2 rings (SSSR count). The van der Waals surface area contributed by atoms with Gasteiger partial charge >= 0.3 is 0 Å². The highest BCUT2D eigenvalue weighted by atomic mass is 16.2. The molecule has 3 heteroatoms. The Labute approximate surface area is 132 Å². The third kappa shape index (κ3) is 3.61. The molecule has 3 nitrogen and oxygen atoms in total. The highest BCUT2D eigenvalue weighted by Gasteiger charge is 2.17. The van der Waals surface area contributed by atoms with Crippen LogP contribution in [0.5, 0.6) is 0 Å². The SMILES string of the molecule is C=C(C)CN(CC)C(=O)c1ccc(-c2ccccc2)nc1C. The lowest BCUT2D eigenvalue weighted by Crippen LogP contribution is -2.32. The summed E-state index contributed by atoms with van der Waals surface area (Å²) in [6, 6.07) is 13.8. The van der Waals surface area contributed by atoms with E-state index >= 15 is 0 Å². The molecule has 0 radical (unpaired) electrons. The topological polar surface area (TPSA) is 33.2 Å². The Hall–Kier alpha value is -2.42. The first kappa shape index (κ1) is 16.0. The van der Waals surface area contributed by atoms with Gasteiger partial charge < -0.3 is 4.90 Å². The molecule has 0 saturated carbocycles. The Kier molecular flexibility index (Phi) is 5.10. The number of amides is 1. The van der Waals surface area contributed by atoms with Crippen LogP contribution in [0.3, 0.4) is 0 Å². The molecule has 0 bridgehead atoms. The number of hydrogen-bond donors (Lipinski definition) is 0. The molecule has 0 N–H and O–H groups in total. The standard InChI is InChI=1S/C19H22N2O/c1-5-21(13-14(2)3)19(22)17-11-12-18(20-15(17)4)16-9-7-6-8-10-16/h6-12H,2,5,13H2,1,3-4H3. The van der Waals surface area contributed by atoms with E-state index < -0.39 is 0 Å². The lowest BCUT2D eigenvalue weighted by Gasteiger charge is -2.21. The van der Waals surface area contributed by atoms with Gasteiger partial charge in [0.1, 0.15) is 0 Å². The summed E-state index contributed by atoms with van der Waals surface area (Å²) in [5.41, 5.74) is 4.33. The van der Waals surface area contributed by atoms with Gasteiger partial charge in [-0.05, 0) is 32.9 Å². The average Bonchev–Trinajstić information content (AvgIpc) is 2.52. The van der Waals surface area contributed by atoms with Crippen molar-refractivity contribution >= 4 is 5.91 Å². The molecule has 0 saturated heterocycles. The van der Waals surface area contributed by atoms with Crippen LogP contribution in [0, 0.1) is 6.92 Å². The molecule has 0 aliphatic heterocycles. The Morgan fingerprint density at radius 3 is 2.41 bits per heavy atom. The molecule has 1 heterocycles. The maximum Gasteiger partial charge on any atom is 0.255 e. The van der Waals surface area contributed by atoms with Crippen molar-refractivity contribution < 1.29 is 4.79 Å². The van der Waals surface area contributed by atoms with Gasteiger partial charge in [0.25, 0.3) is 5.91 Å². The Balaban J connectivity index is 2.30. The molecular formula is C19H22N2O. The van der Waals surface area contributed by atoms with Crippen molar-refractivity contribution in [3.63, 3.8) is 0 Å². The van der Waals surface area contributed by atoms with Crippen LogP contribution in [0.4, 0.5) is 0 Å². The molecule has 0 atom stereocenters. The van der Waals surface area contributed by atoms with Gasteiger partial charge in [-0.25, -0.2) is 0 Å². The van der Waals surface area contributed by atoms with Gasteiger partial charge in [0.05, 0.1) is 17.0 Å². The third-order valence-electron chi connectivity index (χ3n) is 3.52. The van der Waals surface area contributed by atoms with E-state index in [1.165, 1.54) is 0 Å². The Bertz CT molecular complexity index is 677. The van der Waals surface area contributed by atoms with Gasteiger partial charge in [-0.1, -0.05) is 42.5 Å². The predicted molar refractivity (Wildman–Crippen MR) is 90.8 cm³/mol. The van der Waals surface area contributed by atoms with E-state index in [-0.39, 0.29) is 5.91 Å². The zero-order chi connectivity index (χ0) is 16.1. The van der Waals surface area contributed by atoms with E-state index in [1.807, 2.05) is 63.2 Å². The zero-order valence-corrected chi connectivity index (χ0v) is 13.5. The van der Waals surface area contributed by atoms with Crippen molar-refractivity contribution in [2.75, 3.05) is 13.1 Å². The quantitative estimate of drug-likeness (QED) is 0.778. The van der Waals surface area contributed by atoms with Gasteiger partial charge in [0, 0.05) is 18.7 Å². The number of aromatic nitrogens is 1. The molecule has 2 aromatic rings. The number of hydrogen-bond acceptors (Lipinski definition) is 2. The minimum absolute atomic E-state index is 0.00936. The fourth-order valence-electron chi connectivity index (χ4n) is 2.38. The molecule has 0 aliphatic rings. The van der Waals surface area contributed by atoms with Crippen LogP contribution in [0.1, 0.15) is 29.9 Å². The van der Waals surface area contributed by atoms with Crippen molar-refractivity contribution in [2.24, 2.45) is 0 Å². The monoisotopic (exact) mass is 294 g/mol. The summed E-state index contributed by atoms with van der Waals surface area (Å²) < 4.78 is 0. The molecule has 1 aromatic heterocycles. The smallest absolute Gasteiger partial charge is 0.255 e. The molecule has 22 heavy (non-hydrogen) atoms. The number of nitrogens with zero attached hydrogens (tertiary/aromatic N) is 2. The molecule has 0 unspecified atom stereocenters. The van der Waals surface area contributed by atoms with E-state index in [4.69, 9.17) is 0 Å². The van der Waals surface area contributed by atoms with Crippen LogP contribution in [0.15, 0.2) is 54.6 Å². The largest absolute Gasteiger partial charge is 0.335 e. The zero-order valence-electron chi connectivity index (χ0n) is 13.5. The van der Waals surface area contributed by atoms with Crippen molar-refractivity contribution in [1.82, 2.24) is 9.88 Å². The fourth-order valence-corrected chi connectivity index (χ4v) is 2.38. The van der Waals surface area contributed by atoms with Crippen LogP contribution in [0.2, 0.25) is 0 Å². The van der Waals surface area contributed by atoms with E-state index in [0.29, 0.717) is 18.7 Å². The number of carbonyl (C=O) groups is 1. The highest BCUT2D eigenvalue weighted by molar-refractivity contribution is 5.95.